The summed E-state index contributed by atoms with van der Waals surface area (Å²) < 4.78 is 7.11. The molecule has 0 bridgehead atoms. The molecule has 4 heterocycles. The fraction of sp³-hybridized carbons (Fsp3) is 0.444. The molecule has 152 valence electrons. The van der Waals surface area contributed by atoms with Gasteiger partial charge in [0.15, 0.2) is 5.65 Å². The molecule has 2 aromatic rings. The van der Waals surface area contributed by atoms with Gasteiger partial charge in [-0.1, -0.05) is 0 Å². The smallest absolute Gasteiger partial charge is 0.326 e. The van der Waals surface area contributed by atoms with Crippen LogP contribution in [0.25, 0.3) is 11.7 Å². The summed E-state index contributed by atoms with van der Waals surface area (Å²) in [6.45, 7) is 3.74. The summed E-state index contributed by atoms with van der Waals surface area (Å²) in [6.07, 6.45) is 5.70. The molecule has 2 saturated heterocycles. The zero-order valence-corrected chi connectivity index (χ0v) is 15.8. The first-order valence-corrected chi connectivity index (χ1v) is 9.72. The zero-order chi connectivity index (χ0) is 19.8. The largest absolute Gasteiger partial charge is 0.379 e. The second-order valence-corrected chi connectivity index (χ2v) is 7.36. The maximum absolute atomic E-state index is 11.9. The van der Waals surface area contributed by atoms with Gasteiger partial charge < -0.3 is 20.8 Å². The Morgan fingerprint density at radius 3 is 2.79 bits per heavy atom. The third kappa shape index (κ3) is 3.87. The molecule has 0 unspecified atom stereocenters. The van der Waals surface area contributed by atoms with Crippen LogP contribution in [0.2, 0.25) is 0 Å². The lowest BCUT2D eigenvalue weighted by Crippen LogP contribution is -2.40. The SMILES string of the molecule is O=C1NC(=O)/C(=C/c2cnn3c(NCC4CC4)cc(NN4CCOCC4)nc23)N1. The van der Waals surface area contributed by atoms with E-state index in [1.54, 1.807) is 16.8 Å². The van der Waals surface area contributed by atoms with Gasteiger partial charge in [0.25, 0.3) is 5.91 Å². The summed E-state index contributed by atoms with van der Waals surface area (Å²) >= 11 is 0. The molecule has 0 radical (unpaired) electrons. The van der Waals surface area contributed by atoms with Crippen LogP contribution in [-0.2, 0) is 9.53 Å². The molecule has 3 aliphatic rings. The van der Waals surface area contributed by atoms with Crippen LogP contribution in [0.5, 0.6) is 0 Å². The fourth-order valence-corrected chi connectivity index (χ4v) is 3.31. The minimum atomic E-state index is -0.535. The highest BCUT2D eigenvalue weighted by molar-refractivity contribution is 6.14. The molecule has 5 rings (SSSR count). The topological polar surface area (TPSA) is 125 Å². The average molecular weight is 398 g/mol. The predicted molar refractivity (Wildman–Crippen MR) is 105 cm³/mol. The monoisotopic (exact) mass is 398 g/mol. The minimum Gasteiger partial charge on any atom is -0.379 e. The van der Waals surface area contributed by atoms with Gasteiger partial charge in [-0.2, -0.15) is 9.61 Å². The van der Waals surface area contributed by atoms with Gasteiger partial charge in [-0.15, -0.1) is 0 Å². The molecule has 11 heteroatoms. The molecule has 2 aliphatic heterocycles. The van der Waals surface area contributed by atoms with E-state index >= 15 is 0 Å². The Balaban J connectivity index is 1.49. The van der Waals surface area contributed by atoms with Crippen LogP contribution in [0.4, 0.5) is 16.4 Å². The number of aromatic nitrogens is 3. The molecule has 1 aliphatic carbocycles. The van der Waals surface area contributed by atoms with Crippen molar-refractivity contribution in [2.75, 3.05) is 43.6 Å². The van der Waals surface area contributed by atoms with Crippen molar-refractivity contribution >= 4 is 35.3 Å². The second-order valence-electron chi connectivity index (χ2n) is 7.36. The van der Waals surface area contributed by atoms with Gasteiger partial charge in [0, 0.05) is 31.3 Å². The Morgan fingerprint density at radius 2 is 2.07 bits per heavy atom. The number of hydrogen-bond acceptors (Lipinski definition) is 8. The van der Waals surface area contributed by atoms with E-state index < -0.39 is 11.9 Å². The number of rotatable bonds is 6. The molecule has 3 amide bonds. The first-order valence-electron chi connectivity index (χ1n) is 9.72. The van der Waals surface area contributed by atoms with Crippen molar-refractivity contribution in [1.82, 2.24) is 30.2 Å². The summed E-state index contributed by atoms with van der Waals surface area (Å²) in [7, 11) is 0. The quantitative estimate of drug-likeness (QED) is 0.407. The Labute approximate surface area is 166 Å². The Hall–Kier alpha value is -3.18. The number of carbonyl (C=O) groups is 2. The standard InChI is InChI=1S/C18H22N8O3/c27-17-13(21-18(28)23-17)7-12-10-20-26-15(19-9-11-1-2-11)8-14(22-16(12)26)24-25-3-5-29-6-4-25/h7-8,10-11,19H,1-6,9H2,(H,22,24)(H2,21,23,27,28)/b13-7-. The lowest BCUT2D eigenvalue weighted by Gasteiger charge is -2.27. The van der Waals surface area contributed by atoms with Crippen LogP contribution in [0.15, 0.2) is 18.0 Å². The number of anilines is 2. The third-order valence-electron chi connectivity index (χ3n) is 5.07. The van der Waals surface area contributed by atoms with Crippen molar-refractivity contribution in [2.45, 2.75) is 12.8 Å². The van der Waals surface area contributed by atoms with Crippen LogP contribution in [0, 0.1) is 5.92 Å². The summed E-state index contributed by atoms with van der Waals surface area (Å²) in [4.78, 5) is 28.0. The number of fused-ring (bicyclic) bond motifs is 1. The third-order valence-corrected chi connectivity index (χ3v) is 5.07. The van der Waals surface area contributed by atoms with Crippen LogP contribution >= 0.6 is 0 Å². The van der Waals surface area contributed by atoms with E-state index in [1.165, 1.54) is 12.8 Å². The van der Waals surface area contributed by atoms with Gasteiger partial charge in [-0.3, -0.25) is 10.1 Å². The molecule has 11 nitrogen and oxygen atoms in total. The van der Waals surface area contributed by atoms with Gasteiger partial charge in [-0.25, -0.2) is 14.8 Å². The summed E-state index contributed by atoms with van der Waals surface area (Å²) in [5.74, 6) is 1.73. The molecule has 4 N–H and O–H groups in total. The molecule has 0 atom stereocenters. The molecule has 29 heavy (non-hydrogen) atoms. The summed E-state index contributed by atoms with van der Waals surface area (Å²) in [5, 5.41) is 14.6. The first-order chi connectivity index (χ1) is 14.2. The van der Waals surface area contributed by atoms with Crippen molar-refractivity contribution < 1.29 is 14.3 Å². The lowest BCUT2D eigenvalue weighted by molar-refractivity contribution is -0.115. The van der Waals surface area contributed by atoms with Crippen LogP contribution in [0.3, 0.4) is 0 Å². The Bertz CT molecular complexity index is 990. The highest BCUT2D eigenvalue weighted by Crippen LogP contribution is 2.29. The van der Waals surface area contributed by atoms with Gasteiger partial charge in [0.2, 0.25) is 0 Å². The number of urea groups is 1. The fourth-order valence-electron chi connectivity index (χ4n) is 3.31. The van der Waals surface area contributed by atoms with E-state index in [0.29, 0.717) is 36.2 Å². The number of hydrogen-bond donors (Lipinski definition) is 4. The molecule has 0 spiro atoms. The number of morpholine rings is 1. The van der Waals surface area contributed by atoms with E-state index in [9.17, 15) is 9.59 Å². The van der Waals surface area contributed by atoms with E-state index in [-0.39, 0.29) is 5.70 Å². The number of nitrogens with one attached hydrogen (secondary N) is 4. The van der Waals surface area contributed by atoms with E-state index in [4.69, 9.17) is 9.72 Å². The van der Waals surface area contributed by atoms with Crippen LogP contribution < -0.4 is 21.4 Å². The summed E-state index contributed by atoms with van der Waals surface area (Å²) in [5.41, 5.74) is 4.73. The van der Waals surface area contributed by atoms with Crippen molar-refractivity contribution in [3.8, 4) is 0 Å². The number of amides is 3. The second kappa shape index (κ2) is 7.33. The molecule has 3 fully saturated rings. The maximum Gasteiger partial charge on any atom is 0.326 e. The molecule has 1 saturated carbocycles. The van der Waals surface area contributed by atoms with E-state index in [2.05, 4.69) is 31.5 Å². The highest BCUT2D eigenvalue weighted by Gasteiger charge is 2.24. The summed E-state index contributed by atoms with van der Waals surface area (Å²) in [6, 6.07) is 1.39. The number of imide groups is 1. The molecular weight excluding hydrogens is 376 g/mol. The average Bonchev–Trinajstić information content (AvgIpc) is 3.38. The van der Waals surface area contributed by atoms with Crippen LogP contribution in [0.1, 0.15) is 18.4 Å². The van der Waals surface area contributed by atoms with Gasteiger partial charge >= 0.3 is 6.03 Å². The minimum absolute atomic E-state index is 0.172. The molecular formula is C18H22N8O3. The van der Waals surface area contributed by atoms with E-state index in [1.807, 2.05) is 6.07 Å². The van der Waals surface area contributed by atoms with Gasteiger partial charge in [0.1, 0.15) is 17.3 Å². The number of hydrazine groups is 1. The first kappa shape index (κ1) is 17.9. The van der Waals surface area contributed by atoms with Crippen LogP contribution in [-0.4, -0.2) is 64.4 Å². The van der Waals surface area contributed by atoms with Gasteiger partial charge in [-0.05, 0) is 24.8 Å². The molecule has 2 aromatic heterocycles. The number of ether oxygens (including phenoxy) is 1. The zero-order valence-electron chi connectivity index (χ0n) is 15.8. The lowest BCUT2D eigenvalue weighted by atomic mass is 10.2. The van der Waals surface area contributed by atoms with Crippen molar-refractivity contribution in [3.63, 3.8) is 0 Å². The predicted octanol–water partition coefficient (Wildman–Crippen LogP) is 0.391. The molecule has 0 aromatic carbocycles. The van der Waals surface area contributed by atoms with Crippen molar-refractivity contribution in [1.29, 1.82) is 0 Å². The maximum atomic E-state index is 11.9. The Kier molecular flexibility index (Phi) is 4.52. The number of nitrogens with zero attached hydrogens (tertiary/aromatic N) is 4. The Morgan fingerprint density at radius 1 is 1.24 bits per heavy atom. The van der Waals surface area contributed by atoms with Crippen molar-refractivity contribution in [2.24, 2.45) is 5.92 Å². The van der Waals surface area contributed by atoms with Gasteiger partial charge in [0.05, 0.1) is 19.4 Å². The normalized spacial score (nSPS) is 21.4. The van der Waals surface area contributed by atoms with E-state index in [0.717, 1.165) is 25.5 Å². The highest BCUT2D eigenvalue weighted by atomic mass is 16.5. The van der Waals surface area contributed by atoms with Crippen molar-refractivity contribution in [3.05, 3.63) is 23.5 Å². The number of carbonyl (C=O) groups excluding carboxylic acids is 2.